The Hall–Kier alpha value is -1.43. The van der Waals surface area contributed by atoms with Gasteiger partial charge in [0, 0.05) is 6.54 Å². The Morgan fingerprint density at radius 1 is 1.67 bits per heavy atom. The Kier molecular flexibility index (Phi) is 4.76. The summed E-state index contributed by atoms with van der Waals surface area (Å²) in [6, 6.07) is 0. The molecular weight excluding hydrogens is 196 g/mol. The van der Waals surface area contributed by atoms with E-state index in [1.807, 2.05) is 6.92 Å². The van der Waals surface area contributed by atoms with Crippen LogP contribution in [0.4, 0.5) is 0 Å². The molecule has 1 heterocycles. The molecule has 6 heteroatoms. The highest BCUT2D eigenvalue weighted by molar-refractivity contribution is 5.75. The van der Waals surface area contributed by atoms with Crippen molar-refractivity contribution in [3.05, 3.63) is 12.7 Å². The number of amides is 1. The summed E-state index contributed by atoms with van der Waals surface area (Å²) in [5, 5.41) is 15.8. The minimum absolute atomic E-state index is 0.121. The Morgan fingerprint density at radius 2 is 2.47 bits per heavy atom. The van der Waals surface area contributed by atoms with Crippen LogP contribution in [0.25, 0.3) is 0 Å². The van der Waals surface area contributed by atoms with Crippen molar-refractivity contribution in [1.82, 2.24) is 20.1 Å². The van der Waals surface area contributed by atoms with Crippen molar-refractivity contribution < 1.29 is 9.90 Å². The lowest BCUT2D eigenvalue weighted by atomic mass is 10.2. The number of aliphatic hydroxyl groups is 1. The van der Waals surface area contributed by atoms with Crippen molar-refractivity contribution in [3.8, 4) is 0 Å². The first kappa shape index (κ1) is 11.6. The lowest BCUT2D eigenvalue weighted by molar-refractivity contribution is -0.121. The third kappa shape index (κ3) is 4.55. The summed E-state index contributed by atoms with van der Waals surface area (Å²) in [5.74, 6) is -0.121. The minimum atomic E-state index is -0.336. The van der Waals surface area contributed by atoms with Gasteiger partial charge in [0.25, 0.3) is 0 Å². The van der Waals surface area contributed by atoms with E-state index in [1.165, 1.54) is 17.3 Å². The second kappa shape index (κ2) is 6.13. The molecule has 0 aromatic carbocycles. The number of hydrogen-bond donors (Lipinski definition) is 2. The van der Waals surface area contributed by atoms with E-state index in [0.717, 1.165) is 0 Å². The molecule has 0 aliphatic carbocycles. The van der Waals surface area contributed by atoms with Crippen LogP contribution in [0.5, 0.6) is 0 Å². The van der Waals surface area contributed by atoms with Crippen molar-refractivity contribution in [2.75, 3.05) is 6.54 Å². The summed E-state index contributed by atoms with van der Waals surface area (Å²) >= 11 is 0. The molecule has 1 aromatic rings. The van der Waals surface area contributed by atoms with E-state index < -0.39 is 0 Å². The van der Waals surface area contributed by atoms with E-state index in [0.29, 0.717) is 19.4 Å². The van der Waals surface area contributed by atoms with Crippen LogP contribution < -0.4 is 5.32 Å². The maximum Gasteiger partial charge on any atom is 0.241 e. The maximum atomic E-state index is 11.3. The van der Waals surface area contributed by atoms with Crippen LogP contribution in [0.3, 0.4) is 0 Å². The minimum Gasteiger partial charge on any atom is -0.393 e. The van der Waals surface area contributed by atoms with Gasteiger partial charge in [-0.2, -0.15) is 5.10 Å². The summed E-state index contributed by atoms with van der Waals surface area (Å²) < 4.78 is 1.45. The predicted octanol–water partition coefficient (Wildman–Crippen LogP) is -0.445. The second-order valence-corrected chi connectivity index (χ2v) is 3.29. The van der Waals surface area contributed by atoms with E-state index >= 15 is 0 Å². The molecule has 0 fully saturated rings. The van der Waals surface area contributed by atoms with Crippen molar-refractivity contribution in [3.63, 3.8) is 0 Å². The largest absolute Gasteiger partial charge is 0.393 e. The van der Waals surface area contributed by atoms with Gasteiger partial charge in [0.05, 0.1) is 6.10 Å². The number of hydrogen-bond acceptors (Lipinski definition) is 4. The van der Waals surface area contributed by atoms with Gasteiger partial charge in [-0.1, -0.05) is 6.92 Å². The van der Waals surface area contributed by atoms with Crippen molar-refractivity contribution >= 4 is 5.91 Å². The monoisotopic (exact) mass is 212 g/mol. The highest BCUT2D eigenvalue weighted by Gasteiger charge is 2.04. The average Bonchev–Trinajstić information content (AvgIpc) is 2.70. The zero-order valence-corrected chi connectivity index (χ0v) is 8.76. The summed E-state index contributed by atoms with van der Waals surface area (Å²) in [5.41, 5.74) is 0. The Labute approximate surface area is 88.3 Å². The Morgan fingerprint density at radius 3 is 3.07 bits per heavy atom. The van der Waals surface area contributed by atoms with Crippen molar-refractivity contribution in [2.45, 2.75) is 32.4 Å². The van der Waals surface area contributed by atoms with Gasteiger partial charge in [-0.15, -0.1) is 0 Å². The lowest BCUT2D eigenvalue weighted by Gasteiger charge is -2.08. The molecule has 0 bridgehead atoms. The average molecular weight is 212 g/mol. The summed E-state index contributed by atoms with van der Waals surface area (Å²) in [4.78, 5) is 15.0. The predicted molar refractivity (Wildman–Crippen MR) is 53.9 cm³/mol. The van der Waals surface area contributed by atoms with E-state index in [-0.39, 0.29) is 18.6 Å². The highest BCUT2D eigenvalue weighted by atomic mass is 16.3. The molecule has 0 saturated carbocycles. The number of carbonyl (C=O) groups is 1. The van der Waals surface area contributed by atoms with Gasteiger partial charge < -0.3 is 10.4 Å². The standard InChI is InChI=1S/C9H16N4O2/c1-2-8(14)3-4-11-9(15)5-13-7-10-6-12-13/h6-8,14H,2-5H2,1H3,(H,11,15). The number of nitrogens with zero attached hydrogens (tertiary/aromatic N) is 3. The third-order valence-corrected chi connectivity index (χ3v) is 2.04. The van der Waals surface area contributed by atoms with Gasteiger partial charge in [-0.3, -0.25) is 4.79 Å². The molecule has 84 valence electrons. The fourth-order valence-electron chi connectivity index (χ4n) is 1.10. The van der Waals surface area contributed by atoms with Gasteiger partial charge in [-0.25, -0.2) is 9.67 Å². The van der Waals surface area contributed by atoms with Crippen LogP contribution in [-0.2, 0) is 11.3 Å². The molecule has 1 unspecified atom stereocenters. The number of nitrogens with one attached hydrogen (secondary N) is 1. The van der Waals surface area contributed by atoms with Gasteiger partial charge in [-0.05, 0) is 12.8 Å². The van der Waals surface area contributed by atoms with Gasteiger partial charge in [0.1, 0.15) is 19.2 Å². The van der Waals surface area contributed by atoms with Crippen LogP contribution in [0.15, 0.2) is 12.7 Å². The summed E-state index contributed by atoms with van der Waals surface area (Å²) in [7, 11) is 0. The van der Waals surface area contributed by atoms with Crippen LogP contribution in [0.2, 0.25) is 0 Å². The topological polar surface area (TPSA) is 80.0 Å². The summed E-state index contributed by atoms with van der Waals surface area (Å²) in [6.45, 7) is 2.56. The number of carbonyl (C=O) groups excluding carboxylic acids is 1. The first-order valence-corrected chi connectivity index (χ1v) is 4.99. The lowest BCUT2D eigenvalue weighted by Crippen LogP contribution is -2.30. The van der Waals surface area contributed by atoms with Crippen LogP contribution in [0, 0.1) is 0 Å². The van der Waals surface area contributed by atoms with E-state index in [2.05, 4.69) is 15.4 Å². The van der Waals surface area contributed by atoms with Crippen molar-refractivity contribution in [2.24, 2.45) is 0 Å². The normalized spacial score (nSPS) is 12.4. The summed E-state index contributed by atoms with van der Waals surface area (Å²) in [6.07, 6.45) is 3.82. The molecule has 0 saturated heterocycles. The Bertz CT molecular complexity index is 286. The molecule has 0 aliphatic rings. The van der Waals surface area contributed by atoms with Gasteiger partial charge >= 0.3 is 0 Å². The molecule has 1 amide bonds. The molecule has 0 radical (unpaired) electrons. The zero-order valence-electron chi connectivity index (χ0n) is 8.76. The molecule has 1 rings (SSSR count). The van der Waals surface area contributed by atoms with Crippen molar-refractivity contribution in [1.29, 1.82) is 0 Å². The number of aliphatic hydroxyl groups excluding tert-OH is 1. The molecule has 6 nitrogen and oxygen atoms in total. The second-order valence-electron chi connectivity index (χ2n) is 3.29. The number of rotatable bonds is 6. The fraction of sp³-hybridized carbons (Fsp3) is 0.667. The molecule has 0 aliphatic heterocycles. The smallest absolute Gasteiger partial charge is 0.241 e. The van der Waals surface area contributed by atoms with E-state index in [1.54, 1.807) is 0 Å². The quantitative estimate of drug-likeness (QED) is 0.669. The number of aromatic nitrogens is 3. The van der Waals surface area contributed by atoms with Crippen LogP contribution in [-0.4, -0.2) is 38.4 Å². The maximum absolute atomic E-state index is 11.3. The molecule has 0 spiro atoms. The first-order valence-electron chi connectivity index (χ1n) is 4.99. The van der Waals surface area contributed by atoms with Crippen LogP contribution in [0.1, 0.15) is 19.8 Å². The Balaban J connectivity index is 2.14. The van der Waals surface area contributed by atoms with Crippen LogP contribution >= 0.6 is 0 Å². The zero-order chi connectivity index (χ0) is 11.1. The van der Waals surface area contributed by atoms with E-state index in [9.17, 15) is 9.90 Å². The molecular formula is C9H16N4O2. The fourth-order valence-corrected chi connectivity index (χ4v) is 1.10. The van der Waals surface area contributed by atoms with Gasteiger partial charge in [0.2, 0.25) is 5.91 Å². The van der Waals surface area contributed by atoms with Gasteiger partial charge in [0.15, 0.2) is 0 Å². The SMILES string of the molecule is CCC(O)CCNC(=O)Cn1cncn1. The third-order valence-electron chi connectivity index (χ3n) is 2.04. The molecule has 2 N–H and O–H groups in total. The highest BCUT2D eigenvalue weighted by Crippen LogP contribution is 1.94. The van der Waals surface area contributed by atoms with E-state index in [4.69, 9.17) is 0 Å². The molecule has 15 heavy (non-hydrogen) atoms. The first-order chi connectivity index (χ1) is 7.22. The molecule has 1 aromatic heterocycles. The molecule has 1 atom stereocenters.